The van der Waals surface area contributed by atoms with Crippen LogP contribution in [0, 0.1) is 22.0 Å². The van der Waals surface area contributed by atoms with Gasteiger partial charge in [0.15, 0.2) is 0 Å². The summed E-state index contributed by atoms with van der Waals surface area (Å²) in [4.78, 5) is 14.4. The lowest BCUT2D eigenvalue weighted by Gasteiger charge is -2.33. The fourth-order valence-electron chi connectivity index (χ4n) is 2.69. The van der Waals surface area contributed by atoms with Gasteiger partial charge in [-0.05, 0) is 47.0 Å². The van der Waals surface area contributed by atoms with Crippen molar-refractivity contribution in [3.63, 3.8) is 0 Å². The number of nitrogens with one attached hydrogen (secondary N) is 1. The first kappa shape index (κ1) is 14.2. The van der Waals surface area contributed by atoms with Crippen molar-refractivity contribution in [3.8, 4) is 0 Å². The molecule has 2 rings (SSSR count). The summed E-state index contributed by atoms with van der Waals surface area (Å²) in [6, 6.07) is 1.88. The first-order valence-electron chi connectivity index (χ1n) is 6.54. The van der Waals surface area contributed by atoms with Crippen LogP contribution in [0.4, 0.5) is 11.5 Å². The maximum absolute atomic E-state index is 10.7. The summed E-state index contributed by atoms with van der Waals surface area (Å²) in [6.07, 6.45) is 4.84. The van der Waals surface area contributed by atoms with Gasteiger partial charge in [-0.2, -0.15) is 0 Å². The van der Waals surface area contributed by atoms with Gasteiger partial charge in [-0.25, -0.2) is 4.98 Å². The number of pyridine rings is 1. The van der Waals surface area contributed by atoms with Crippen molar-refractivity contribution in [1.29, 1.82) is 0 Å². The second kappa shape index (κ2) is 5.86. The van der Waals surface area contributed by atoms with Crippen LogP contribution in [0.2, 0.25) is 0 Å². The molecule has 5 nitrogen and oxygen atoms in total. The molecule has 0 bridgehead atoms. The number of halogens is 1. The lowest BCUT2D eigenvalue weighted by Crippen LogP contribution is -2.33. The summed E-state index contributed by atoms with van der Waals surface area (Å²) in [5.41, 5.74) is 0.00254. The Hall–Kier alpha value is -1.17. The Balaban J connectivity index is 2.09. The van der Waals surface area contributed by atoms with E-state index >= 15 is 0 Å². The Morgan fingerprint density at radius 1 is 1.47 bits per heavy atom. The van der Waals surface area contributed by atoms with E-state index in [1.165, 1.54) is 25.1 Å². The summed E-state index contributed by atoms with van der Waals surface area (Å²) < 4.78 is 0.646. The second-order valence-corrected chi connectivity index (χ2v) is 6.28. The highest BCUT2D eigenvalue weighted by Gasteiger charge is 2.26. The maximum atomic E-state index is 10.7. The van der Waals surface area contributed by atoms with Crippen LogP contribution in [0.3, 0.4) is 0 Å². The molecule has 0 amide bonds. The van der Waals surface area contributed by atoms with E-state index in [1.54, 1.807) is 0 Å². The van der Waals surface area contributed by atoms with E-state index in [9.17, 15) is 10.1 Å². The van der Waals surface area contributed by atoms with Gasteiger partial charge in [-0.3, -0.25) is 10.1 Å². The summed E-state index contributed by atoms with van der Waals surface area (Å²) in [5.74, 6) is 2.06. The summed E-state index contributed by atoms with van der Waals surface area (Å²) in [7, 11) is 0. The van der Waals surface area contributed by atoms with Crippen LogP contribution < -0.4 is 5.32 Å². The molecule has 19 heavy (non-hydrogen) atoms. The summed E-state index contributed by atoms with van der Waals surface area (Å²) in [5, 5.41) is 14.1. The molecule has 1 aliphatic rings. The van der Waals surface area contributed by atoms with Gasteiger partial charge in [0.05, 0.1) is 9.40 Å². The fourth-order valence-corrected chi connectivity index (χ4v) is 3.14. The molecule has 1 saturated carbocycles. The lowest BCUT2D eigenvalue weighted by molar-refractivity contribution is -0.385. The predicted molar refractivity (Wildman–Crippen MR) is 78.2 cm³/mol. The van der Waals surface area contributed by atoms with Crippen LogP contribution in [0.25, 0.3) is 0 Å². The minimum absolute atomic E-state index is 0.00254. The van der Waals surface area contributed by atoms with E-state index < -0.39 is 4.92 Å². The molecule has 6 heteroatoms. The minimum atomic E-state index is -0.438. The van der Waals surface area contributed by atoms with E-state index in [4.69, 9.17) is 0 Å². The van der Waals surface area contributed by atoms with E-state index in [2.05, 4.69) is 40.1 Å². The quantitative estimate of drug-likeness (QED) is 0.673. The van der Waals surface area contributed by atoms with Crippen LogP contribution in [0.15, 0.2) is 16.7 Å². The van der Waals surface area contributed by atoms with Crippen molar-refractivity contribution in [1.82, 2.24) is 4.98 Å². The molecule has 3 unspecified atom stereocenters. The summed E-state index contributed by atoms with van der Waals surface area (Å²) in [6.45, 7) is 4.53. The van der Waals surface area contributed by atoms with Crippen LogP contribution in [-0.2, 0) is 0 Å². The number of rotatable bonds is 3. The number of hydrogen-bond donors (Lipinski definition) is 1. The number of hydrogen-bond acceptors (Lipinski definition) is 4. The van der Waals surface area contributed by atoms with Crippen molar-refractivity contribution in [2.24, 2.45) is 11.8 Å². The Morgan fingerprint density at radius 3 is 2.79 bits per heavy atom. The van der Waals surface area contributed by atoms with E-state index in [0.717, 1.165) is 12.3 Å². The highest BCUT2D eigenvalue weighted by molar-refractivity contribution is 9.10. The fraction of sp³-hybridized carbons (Fsp3) is 0.615. The van der Waals surface area contributed by atoms with Gasteiger partial charge in [-0.15, -0.1) is 0 Å². The molecule has 0 saturated heterocycles. The molecular weight excluding hydrogens is 310 g/mol. The predicted octanol–water partition coefficient (Wildman–Crippen LogP) is 3.99. The Kier molecular flexibility index (Phi) is 4.39. The maximum Gasteiger partial charge on any atom is 0.288 e. The van der Waals surface area contributed by atoms with E-state index in [1.807, 2.05) is 0 Å². The smallest absolute Gasteiger partial charge is 0.288 e. The zero-order valence-electron chi connectivity index (χ0n) is 11.1. The SMILES string of the molecule is CC1CCC(Nc2ncc([N+](=O)[O-])cc2Br)C(C)C1. The van der Waals surface area contributed by atoms with Crippen molar-refractivity contribution >= 4 is 27.4 Å². The van der Waals surface area contributed by atoms with Gasteiger partial charge in [0.1, 0.15) is 12.0 Å². The Morgan fingerprint density at radius 2 is 2.21 bits per heavy atom. The normalized spacial score (nSPS) is 27.0. The number of nitrogens with zero attached hydrogens (tertiary/aromatic N) is 2. The first-order chi connectivity index (χ1) is 8.97. The third-order valence-electron chi connectivity index (χ3n) is 3.79. The second-order valence-electron chi connectivity index (χ2n) is 5.43. The molecule has 1 N–H and O–H groups in total. The van der Waals surface area contributed by atoms with Crippen LogP contribution >= 0.6 is 15.9 Å². The molecule has 3 atom stereocenters. The van der Waals surface area contributed by atoms with Gasteiger partial charge in [0, 0.05) is 12.1 Å². The van der Waals surface area contributed by atoms with Gasteiger partial charge < -0.3 is 5.32 Å². The van der Waals surface area contributed by atoms with Crippen molar-refractivity contribution < 1.29 is 4.92 Å². The van der Waals surface area contributed by atoms with Gasteiger partial charge in [-0.1, -0.05) is 13.8 Å². The standard InChI is InChI=1S/C13H18BrN3O2/c1-8-3-4-12(9(2)5-8)16-13-11(14)6-10(7-15-13)17(18)19/h6-9,12H,3-5H2,1-2H3,(H,15,16). The summed E-state index contributed by atoms with van der Waals surface area (Å²) >= 11 is 3.34. The van der Waals surface area contributed by atoms with Crippen molar-refractivity contribution in [2.75, 3.05) is 5.32 Å². The van der Waals surface area contributed by atoms with Gasteiger partial charge in [0.2, 0.25) is 0 Å². The number of anilines is 1. The number of nitro groups is 1. The largest absolute Gasteiger partial charge is 0.366 e. The zero-order chi connectivity index (χ0) is 14.0. The molecule has 0 spiro atoms. The molecule has 1 aromatic rings. The Bertz CT molecular complexity index is 481. The molecule has 1 aromatic heterocycles. The molecule has 1 fully saturated rings. The van der Waals surface area contributed by atoms with Gasteiger partial charge >= 0.3 is 0 Å². The lowest BCUT2D eigenvalue weighted by atomic mass is 9.80. The van der Waals surface area contributed by atoms with Crippen molar-refractivity contribution in [3.05, 3.63) is 26.9 Å². The minimum Gasteiger partial charge on any atom is -0.366 e. The molecule has 0 aromatic carbocycles. The number of aromatic nitrogens is 1. The van der Waals surface area contributed by atoms with Crippen LogP contribution in [0.5, 0.6) is 0 Å². The van der Waals surface area contributed by atoms with E-state index in [-0.39, 0.29) is 5.69 Å². The average molecular weight is 328 g/mol. The third kappa shape index (κ3) is 3.43. The molecule has 0 radical (unpaired) electrons. The molecule has 0 aliphatic heterocycles. The average Bonchev–Trinajstić information content (AvgIpc) is 2.34. The monoisotopic (exact) mass is 327 g/mol. The van der Waals surface area contributed by atoms with Gasteiger partial charge in [0.25, 0.3) is 5.69 Å². The van der Waals surface area contributed by atoms with Crippen LogP contribution in [-0.4, -0.2) is 15.9 Å². The molecule has 1 heterocycles. The topological polar surface area (TPSA) is 68.1 Å². The molecule has 1 aliphatic carbocycles. The Labute approximate surface area is 121 Å². The molecule has 104 valence electrons. The first-order valence-corrected chi connectivity index (χ1v) is 7.33. The molecular formula is C13H18BrN3O2. The highest BCUT2D eigenvalue weighted by atomic mass is 79.9. The highest BCUT2D eigenvalue weighted by Crippen LogP contribution is 2.32. The van der Waals surface area contributed by atoms with E-state index in [0.29, 0.717) is 22.3 Å². The van der Waals surface area contributed by atoms with Crippen LogP contribution in [0.1, 0.15) is 33.1 Å². The zero-order valence-corrected chi connectivity index (χ0v) is 12.7. The third-order valence-corrected chi connectivity index (χ3v) is 4.40. The van der Waals surface area contributed by atoms with Crippen molar-refractivity contribution in [2.45, 2.75) is 39.2 Å².